The average Bonchev–Trinajstić information content (AvgIpc) is 2.31. The minimum Gasteiger partial charge on any atom is -0.453 e. The number of nitrogens with zero attached hydrogens (tertiary/aromatic N) is 1. The fourth-order valence-electron chi connectivity index (χ4n) is 1.05. The Labute approximate surface area is 64.2 Å². The molecule has 0 radical (unpaired) electrons. The van der Waals surface area contributed by atoms with Gasteiger partial charge in [-0.05, 0) is 0 Å². The van der Waals surface area contributed by atoms with E-state index < -0.39 is 18.3 Å². The van der Waals surface area contributed by atoms with Gasteiger partial charge in [0.25, 0.3) is 0 Å². The lowest BCUT2D eigenvalue weighted by Gasteiger charge is -2.12. The minimum atomic E-state index is -0.839. The molecule has 11 heavy (non-hydrogen) atoms. The van der Waals surface area contributed by atoms with Crippen LogP contribution in [0.1, 0.15) is 0 Å². The summed E-state index contributed by atoms with van der Waals surface area (Å²) in [5.74, 6) is 0. The fourth-order valence-corrected chi connectivity index (χ4v) is 1.05. The summed E-state index contributed by atoms with van der Waals surface area (Å²) < 4.78 is 4.40. The van der Waals surface area contributed by atoms with Crippen molar-refractivity contribution in [2.75, 3.05) is 20.2 Å². The summed E-state index contributed by atoms with van der Waals surface area (Å²) in [6, 6.07) is 0. The Morgan fingerprint density at radius 2 is 1.91 bits per heavy atom. The first-order valence-electron chi connectivity index (χ1n) is 3.34. The molecule has 2 N–H and O–H groups in total. The molecule has 0 aromatic carbocycles. The normalized spacial score (nSPS) is 30.6. The van der Waals surface area contributed by atoms with Crippen LogP contribution in [0.4, 0.5) is 4.79 Å². The van der Waals surface area contributed by atoms with Gasteiger partial charge in [0.15, 0.2) is 0 Å². The Balaban J connectivity index is 2.46. The molecule has 1 saturated heterocycles. The molecule has 1 aliphatic heterocycles. The van der Waals surface area contributed by atoms with Gasteiger partial charge in [-0.15, -0.1) is 0 Å². The van der Waals surface area contributed by atoms with Crippen molar-refractivity contribution in [1.82, 2.24) is 4.90 Å². The van der Waals surface area contributed by atoms with Gasteiger partial charge in [0.05, 0.1) is 32.4 Å². The third-order valence-electron chi connectivity index (χ3n) is 1.69. The summed E-state index contributed by atoms with van der Waals surface area (Å²) >= 11 is 0. The minimum absolute atomic E-state index is 0.147. The summed E-state index contributed by atoms with van der Waals surface area (Å²) in [5.41, 5.74) is 0. The Kier molecular flexibility index (Phi) is 2.31. The van der Waals surface area contributed by atoms with E-state index in [2.05, 4.69) is 4.74 Å². The molecule has 1 heterocycles. The topological polar surface area (TPSA) is 70.0 Å². The van der Waals surface area contributed by atoms with Crippen molar-refractivity contribution in [3.05, 3.63) is 0 Å². The molecule has 1 rings (SSSR count). The van der Waals surface area contributed by atoms with Crippen LogP contribution in [0.5, 0.6) is 0 Å². The van der Waals surface area contributed by atoms with Crippen molar-refractivity contribution >= 4 is 6.09 Å². The van der Waals surface area contributed by atoms with Gasteiger partial charge >= 0.3 is 6.09 Å². The zero-order valence-electron chi connectivity index (χ0n) is 6.23. The molecule has 2 atom stereocenters. The number of aliphatic hydroxyl groups is 2. The number of rotatable bonds is 0. The van der Waals surface area contributed by atoms with Gasteiger partial charge < -0.3 is 19.8 Å². The van der Waals surface area contributed by atoms with Crippen molar-refractivity contribution in [3.8, 4) is 0 Å². The van der Waals surface area contributed by atoms with E-state index in [-0.39, 0.29) is 13.1 Å². The number of β-amino-alcohol motifs (C(OH)–C–C–N with tert-alkyl or cyclic N) is 2. The second-order valence-electron chi connectivity index (χ2n) is 2.51. The zero-order valence-corrected chi connectivity index (χ0v) is 6.23. The van der Waals surface area contributed by atoms with Crippen molar-refractivity contribution in [2.24, 2.45) is 0 Å². The number of aliphatic hydroxyl groups excluding tert-OH is 2. The monoisotopic (exact) mass is 161 g/mol. The number of hydrogen-bond donors (Lipinski definition) is 2. The van der Waals surface area contributed by atoms with E-state index >= 15 is 0 Å². The number of hydrogen-bond acceptors (Lipinski definition) is 4. The Bertz CT molecular complexity index is 151. The van der Waals surface area contributed by atoms with Gasteiger partial charge in [-0.2, -0.15) is 0 Å². The molecule has 0 aromatic rings. The van der Waals surface area contributed by atoms with E-state index in [0.717, 1.165) is 0 Å². The second-order valence-corrected chi connectivity index (χ2v) is 2.51. The molecule has 0 unspecified atom stereocenters. The number of likely N-dealkylation sites (tertiary alicyclic amines) is 1. The number of ether oxygens (including phenoxy) is 1. The highest BCUT2D eigenvalue weighted by Gasteiger charge is 2.32. The highest BCUT2D eigenvalue weighted by molar-refractivity contribution is 5.67. The maximum Gasteiger partial charge on any atom is 0.409 e. The molecule has 1 amide bonds. The van der Waals surface area contributed by atoms with Crippen LogP contribution in [0.25, 0.3) is 0 Å². The summed E-state index contributed by atoms with van der Waals surface area (Å²) in [5, 5.41) is 18.0. The maximum absolute atomic E-state index is 10.8. The Morgan fingerprint density at radius 3 is 2.27 bits per heavy atom. The van der Waals surface area contributed by atoms with Gasteiger partial charge in [0.1, 0.15) is 0 Å². The first kappa shape index (κ1) is 8.29. The number of methoxy groups -OCH3 is 1. The molecule has 0 bridgehead atoms. The molecule has 64 valence electrons. The quantitative estimate of drug-likeness (QED) is 0.467. The number of carbonyl (C=O) groups excluding carboxylic acids is 1. The Morgan fingerprint density at radius 1 is 1.45 bits per heavy atom. The van der Waals surface area contributed by atoms with Gasteiger partial charge in [-0.1, -0.05) is 0 Å². The predicted octanol–water partition coefficient (Wildman–Crippen LogP) is -1.21. The van der Waals surface area contributed by atoms with Crippen molar-refractivity contribution in [1.29, 1.82) is 0 Å². The van der Waals surface area contributed by atoms with Gasteiger partial charge in [-0.3, -0.25) is 0 Å². The Hall–Kier alpha value is -0.810. The third kappa shape index (κ3) is 1.61. The van der Waals surface area contributed by atoms with Crippen molar-refractivity contribution in [2.45, 2.75) is 12.2 Å². The largest absolute Gasteiger partial charge is 0.453 e. The van der Waals surface area contributed by atoms with Crippen LogP contribution in [0.3, 0.4) is 0 Å². The van der Waals surface area contributed by atoms with E-state index in [1.165, 1.54) is 12.0 Å². The van der Waals surface area contributed by atoms with Crippen LogP contribution >= 0.6 is 0 Å². The van der Waals surface area contributed by atoms with E-state index in [4.69, 9.17) is 10.2 Å². The predicted molar refractivity (Wildman–Crippen MR) is 36.0 cm³/mol. The van der Waals surface area contributed by atoms with Crippen molar-refractivity contribution in [3.63, 3.8) is 0 Å². The van der Waals surface area contributed by atoms with Gasteiger partial charge in [0.2, 0.25) is 0 Å². The standard InChI is InChI=1S/C6H11NO4/c1-11-6(10)7-2-4(8)5(9)3-7/h4-5,8-9H,2-3H2,1H3/t4-,5+. The highest BCUT2D eigenvalue weighted by atomic mass is 16.5. The van der Waals surface area contributed by atoms with Crippen LogP contribution in [0.15, 0.2) is 0 Å². The second kappa shape index (κ2) is 3.06. The smallest absolute Gasteiger partial charge is 0.409 e. The zero-order chi connectivity index (χ0) is 8.43. The molecule has 0 spiro atoms. The van der Waals surface area contributed by atoms with E-state index in [9.17, 15) is 4.79 Å². The van der Waals surface area contributed by atoms with Gasteiger partial charge in [-0.25, -0.2) is 4.79 Å². The van der Waals surface area contributed by atoms with Crippen LogP contribution in [0.2, 0.25) is 0 Å². The van der Waals surface area contributed by atoms with E-state index in [1.54, 1.807) is 0 Å². The molecule has 1 fully saturated rings. The lowest BCUT2D eigenvalue weighted by molar-refractivity contribution is 0.0572. The van der Waals surface area contributed by atoms with Crippen LogP contribution in [-0.2, 0) is 4.74 Å². The maximum atomic E-state index is 10.8. The lowest BCUT2D eigenvalue weighted by Crippen LogP contribution is -2.29. The lowest BCUT2D eigenvalue weighted by atomic mass is 10.3. The van der Waals surface area contributed by atoms with Crippen LogP contribution < -0.4 is 0 Å². The van der Waals surface area contributed by atoms with E-state index in [0.29, 0.717) is 0 Å². The molecule has 0 aliphatic carbocycles. The average molecular weight is 161 g/mol. The van der Waals surface area contributed by atoms with Crippen LogP contribution in [0, 0.1) is 0 Å². The fraction of sp³-hybridized carbons (Fsp3) is 0.833. The summed E-state index contributed by atoms with van der Waals surface area (Å²) in [6.07, 6.45) is -2.19. The summed E-state index contributed by atoms with van der Waals surface area (Å²) in [6.45, 7) is 0.293. The number of amides is 1. The molecule has 0 saturated carbocycles. The molecule has 0 aromatic heterocycles. The first-order chi connectivity index (χ1) is 5.15. The summed E-state index contributed by atoms with van der Waals surface area (Å²) in [7, 11) is 1.26. The molecule has 5 heteroatoms. The molecular formula is C6H11NO4. The van der Waals surface area contributed by atoms with Crippen LogP contribution in [-0.4, -0.2) is 53.6 Å². The summed E-state index contributed by atoms with van der Waals surface area (Å²) in [4.78, 5) is 12.0. The number of carbonyl (C=O) groups is 1. The van der Waals surface area contributed by atoms with E-state index in [1.807, 2.05) is 0 Å². The first-order valence-corrected chi connectivity index (χ1v) is 3.34. The highest BCUT2D eigenvalue weighted by Crippen LogP contribution is 2.10. The molecule has 1 aliphatic rings. The SMILES string of the molecule is COC(=O)N1C[C@@H](O)[C@@H](O)C1. The van der Waals surface area contributed by atoms with Gasteiger partial charge in [0, 0.05) is 0 Å². The van der Waals surface area contributed by atoms with Crippen molar-refractivity contribution < 1.29 is 19.7 Å². The third-order valence-corrected chi connectivity index (χ3v) is 1.69. The molecular weight excluding hydrogens is 150 g/mol. The molecule has 5 nitrogen and oxygen atoms in total.